The summed E-state index contributed by atoms with van der Waals surface area (Å²) >= 11 is 0. The summed E-state index contributed by atoms with van der Waals surface area (Å²) in [6.07, 6.45) is 1.35. The number of fused-ring (bicyclic) bond motifs is 1. The highest BCUT2D eigenvalue weighted by molar-refractivity contribution is 5.93. The van der Waals surface area contributed by atoms with Gasteiger partial charge in [-0.2, -0.15) is 0 Å². The van der Waals surface area contributed by atoms with E-state index < -0.39 is 11.8 Å². The summed E-state index contributed by atoms with van der Waals surface area (Å²) < 4.78 is 23.4. The second-order valence-corrected chi connectivity index (χ2v) is 3.97. The van der Waals surface area contributed by atoms with Crippen LogP contribution in [0.5, 0.6) is 0 Å². The van der Waals surface area contributed by atoms with Gasteiger partial charge in [-0.05, 0) is 5.92 Å². The molecule has 0 spiro atoms. The van der Waals surface area contributed by atoms with Gasteiger partial charge in [0.05, 0.1) is 18.4 Å². The highest BCUT2D eigenvalue weighted by Crippen LogP contribution is 2.22. The number of furan rings is 1. The number of aromatic nitrogens is 1. The van der Waals surface area contributed by atoms with Gasteiger partial charge in [0.2, 0.25) is 0 Å². The van der Waals surface area contributed by atoms with Crippen LogP contribution in [0.15, 0.2) is 16.7 Å². The van der Waals surface area contributed by atoms with Gasteiger partial charge in [-0.15, -0.1) is 0 Å². The van der Waals surface area contributed by atoms with Gasteiger partial charge >= 0.3 is 5.97 Å². The number of esters is 1. The highest BCUT2D eigenvalue weighted by atomic mass is 19.1. The van der Waals surface area contributed by atoms with E-state index in [4.69, 9.17) is 9.15 Å². The second-order valence-electron chi connectivity index (χ2n) is 3.97. The summed E-state index contributed by atoms with van der Waals surface area (Å²) in [6, 6.07) is 1.55. The molecule has 0 saturated carbocycles. The summed E-state index contributed by atoms with van der Waals surface area (Å²) in [5.74, 6) is -1.18. The Morgan fingerprint density at radius 3 is 3.00 bits per heavy atom. The van der Waals surface area contributed by atoms with Crippen LogP contribution >= 0.6 is 0 Å². The van der Waals surface area contributed by atoms with Crippen LogP contribution < -0.4 is 0 Å². The van der Waals surface area contributed by atoms with E-state index in [-0.39, 0.29) is 23.8 Å². The Hall–Kier alpha value is -1.78. The summed E-state index contributed by atoms with van der Waals surface area (Å²) in [6.45, 7) is 4.08. The maximum atomic E-state index is 13.6. The molecule has 0 aliphatic heterocycles. The van der Waals surface area contributed by atoms with E-state index in [1.165, 1.54) is 6.26 Å². The average Bonchev–Trinajstić information content (AvgIpc) is 2.78. The molecule has 2 rings (SSSR count). The van der Waals surface area contributed by atoms with Crippen LogP contribution in [0.25, 0.3) is 11.1 Å². The van der Waals surface area contributed by atoms with E-state index >= 15 is 0 Å². The largest absolute Gasteiger partial charge is 0.461 e. The van der Waals surface area contributed by atoms with Crippen molar-refractivity contribution in [2.75, 3.05) is 6.61 Å². The fourth-order valence-electron chi connectivity index (χ4n) is 1.34. The molecular weight excluding hydrogens is 213 g/mol. The van der Waals surface area contributed by atoms with E-state index in [1.54, 1.807) is 6.07 Å². The monoisotopic (exact) mass is 225 g/mol. The van der Waals surface area contributed by atoms with E-state index in [2.05, 4.69) is 4.98 Å². The predicted molar refractivity (Wildman–Crippen MR) is 55.6 cm³/mol. The normalized spacial score (nSPS) is 11.2. The van der Waals surface area contributed by atoms with Gasteiger partial charge < -0.3 is 14.1 Å². The molecule has 2 aromatic heterocycles. The van der Waals surface area contributed by atoms with Gasteiger partial charge in [-0.25, -0.2) is 9.18 Å². The molecule has 2 heterocycles. The lowest BCUT2D eigenvalue weighted by Gasteiger charge is -2.05. The topological polar surface area (TPSA) is 55.2 Å². The van der Waals surface area contributed by atoms with Gasteiger partial charge in [0.25, 0.3) is 0 Å². The second kappa shape index (κ2) is 4.00. The zero-order valence-corrected chi connectivity index (χ0v) is 9.04. The van der Waals surface area contributed by atoms with E-state index in [9.17, 15) is 9.18 Å². The molecule has 2 aromatic rings. The summed E-state index contributed by atoms with van der Waals surface area (Å²) in [4.78, 5) is 14.1. The maximum absolute atomic E-state index is 13.6. The third kappa shape index (κ3) is 1.80. The van der Waals surface area contributed by atoms with Crippen LogP contribution in [0, 0.1) is 11.7 Å². The maximum Gasteiger partial charge on any atom is 0.357 e. The first-order valence-electron chi connectivity index (χ1n) is 5.01. The molecule has 0 aliphatic carbocycles. The summed E-state index contributed by atoms with van der Waals surface area (Å²) in [5.41, 5.74) is 0.320. The van der Waals surface area contributed by atoms with Crippen molar-refractivity contribution >= 4 is 17.1 Å². The molecular formula is C11H12FNO3. The Labute approximate surface area is 91.4 Å². The summed E-state index contributed by atoms with van der Waals surface area (Å²) in [5, 5.41) is 0. The Morgan fingerprint density at radius 1 is 1.62 bits per heavy atom. The standard InChI is InChI=1S/C11H12FNO3/c1-6(2)5-16-11(14)9-8(12)10-7(13-9)3-4-15-10/h3-4,6,13H,5H2,1-2H3. The lowest BCUT2D eigenvalue weighted by molar-refractivity contribution is 0.0447. The van der Waals surface area contributed by atoms with E-state index in [1.807, 2.05) is 13.8 Å². The smallest absolute Gasteiger partial charge is 0.357 e. The Bertz CT molecular complexity index is 512. The van der Waals surface area contributed by atoms with E-state index in [0.29, 0.717) is 5.52 Å². The Kier molecular flexibility index (Phi) is 2.68. The molecule has 0 atom stereocenters. The van der Waals surface area contributed by atoms with Crippen LogP contribution in [0.1, 0.15) is 24.3 Å². The molecule has 0 fully saturated rings. The minimum Gasteiger partial charge on any atom is -0.461 e. The number of rotatable bonds is 3. The van der Waals surface area contributed by atoms with Crippen molar-refractivity contribution in [3.05, 3.63) is 23.8 Å². The molecule has 16 heavy (non-hydrogen) atoms. The molecule has 5 heteroatoms. The summed E-state index contributed by atoms with van der Waals surface area (Å²) in [7, 11) is 0. The first kappa shape index (κ1) is 10.7. The van der Waals surface area contributed by atoms with Gasteiger partial charge in [-0.1, -0.05) is 13.8 Å². The van der Waals surface area contributed by atoms with Gasteiger partial charge in [0.15, 0.2) is 17.1 Å². The fourth-order valence-corrected chi connectivity index (χ4v) is 1.34. The molecule has 0 aliphatic rings. The number of carbonyl (C=O) groups excluding carboxylic acids is 1. The Balaban J connectivity index is 2.22. The van der Waals surface area contributed by atoms with Crippen molar-refractivity contribution in [3.63, 3.8) is 0 Å². The lowest BCUT2D eigenvalue weighted by Crippen LogP contribution is -2.11. The molecule has 86 valence electrons. The molecule has 1 N–H and O–H groups in total. The third-order valence-electron chi connectivity index (χ3n) is 2.10. The van der Waals surface area contributed by atoms with Crippen LogP contribution in [-0.4, -0.2) is 17.6 Å². The van der Waals surface area contributed by atoms with Crippen molar-refractivity contribution in [3.8, 4) is 0 Å². The number of carbonyl (C=O) groups is 1. The van der Waals surface area contributed by atoms with Gasteiger partial charge in [0, 0.05) is 6.07 Å². The molecule has 0 aromatic carbocycles. The average molecular weight is 225 g/mol. The lowest BCUT2D eigenvalue weighted by atomic mass is 10.2. The van der Waals surface area contributed by atoms with Crippen LogP contribution in [0.4, 0.5) is 4.39 Å². The molecule has 0 radical (unpaired) electrons. The number of nitrogens with one attached hydrogen (secondary N) is 1. The molecule has 0 saturated heterocycles. The minimum atomic E-state index is -0.700. The highest BCUT2D eigenvalue weighted by Gasteiger charge is 2.21. The number of hydrogen-bond donors (Lipinski definition) is 1. The van der Waals surface area contributed by atoms with Crippen molar-refractivity contribution in [2.45, 2.75) is 13.8 Å². The van der Waals surface area contributed by atoms with Gasteiger partial charge in [0.1, 0.15) is 0 Å². The SMILES string of the molecule is CC(C)COC(=O)c1[nH]c2ccoc2c1F. The van der Waals surface area contributed by atoms with Crippen LogP contribution in [0.3, 0.4) is 0 Å². The quantitative estimate of drug-likeness (QED) is 0.817. The van der Waals surface area contributed by atoms with Gasteiger partial charge in [-0.3, -0.25) is 0 Å². The number of ether oxygens (including phenoxy) is 1. The first-order valence-corrected chi connectivity index (χ1v) is 5.01. The molecule has 4 nitrogen and oxygen atoms in total. The van der Waals surface area contributed by atoms with E-state index in [0.717, 1.165) is 0 Å². The van der Waals surface area contributed by atoms with Crippen molar-refractivity contribution in [1.29, 1.82) is 0 Å². The minimum absolute atomic E-state index is 0.0523. The third-order valence-corrected chi connectivity index (χ3v) is 2.10. The fraction of sp³-hybridized carbons (Fsp3) is 0.364. The van der Waals surface area contributed by atoms with Crippen molar-refractivity contribution < 1.29 is 18.3 Å². The number of H-pyrrole nitrogens is 1. The van der Waals surface area contributed by atoms with Crippen LogP contribution in [0.2, 0.25) is 0 Å². The zero-order valence-electron chi connectivity index (χ0n) is 9.04. The predicted octanol–water partition coefficient (Wildman–Crippen LogP) is 2.71. The molecule has 0 bridgehead atoms. The van der Waals surface area contributed by atoms with Crippen molar-refractivity contribution in [1.82, 2.24) is 4.98 Å². The molecule has 0 amide bonds. The number of aromatic amines is 1. The van der Waals surface area contributed by atoms with Crippen LogP contribution in [-0.2, 0) is 4.74 Å². The number of hydrogen-bond acceptors (Lipinski definition) is 3. The Morgan fingerprint density at radius 2 is 2.38 bits per heavy atom. The number of halogens is 1. The van der Waals surface area contributed by atoms with Crippen molar-refractivity contribution in [2.24, 2.45) is 5.92 Å². The zero-order chi connectivity index (χ0) is 11.7. The first-order chi connectivity index (χ1) is 7.59. The molecule has 0 unspecified atom stereocenters.